The summed E-state index contributed by atoms with van der Waals surface area (Å²) in [6.45, 7) is 4.54. The zero-order valence-electron chi connectivity index (χ0n) is 14.0. The van der Waals surface area contributed by atoms with Crippen molar-refractivity contribution in [3.05, 3.63) is 18.6 Å². The Balaban J connectivity index is 1.78. The summed E-state index contributed by atoms with van der Waals surface area (Å²) in [5.74, 6) is -2.19. The minimum absolute atomic E-state index is 0.0180. The van der Waals surface area contributed by atoms with E-state index in [1.165, 1.54) is 4.90 Å². The van der Waals surface area contributed by atoms with E-state index in [9.17, 15) is 13.6 Å². The van der Waals surface area contributed by atoms with Gasteiger partial charge in [0, 0.05) is 51.0 Å². The molecule has 1 atom stereocenters. The van der Waals surface area contributed by atoms with Crippen LogP contribution >= 0.6 is 0 Å². The van der Waals surface area contributed by atoms with Crippen LogP contribution in [-0.4, -0.2) is 59.0 Å². The smallest absolute Gasteiger partial charge is 0.317 e. The van der Waals surface area contributed by atoms with Crippen LogP contribution in [0.25, 0.3) is 0 Å². The van der Waals surface area contributed by atoms with Gasteiger partial charge in [0.15, 0.2) is 0 Å². The van der Waals surface area contributed by atoms with Crippen LogP contribution in [0, 0.1) is 5.41 Å². The van der Waals surface area contributed by atoms with Gasteiger partial charge >= 0.3 is 6.03 Å². The predicted octanol–water partition coefficient (Wildman–Crippen LogP) is 2.13. The van der Waals surface area contributed by atoms with Gasteiger partial charge in [0.05, 0.1) is 11.6 Å². The van der Waals surface area contributed by atoms with Gasteiger partial charge in [-0.25, -0.2) is 18.6 Å². The molecule has 8 heteroatoms. The second-order valence-corrected chi connectivity index (χ2v) is 7.00. The molecule has 2 aliphatic heterocycles. The number of piperidine rings is 1. The fourth-order valence-corrected chi connectivity index (χ4v) is 3.56. The van der Waals surface area contributed by atoms with Crippen LogP contribution in [0.5, 0.6) is 0 Å². The average molecular weight is 339 g/mol. The SMILES string of the molecule is CC(C)NC(=O)N1CCC(F)(F)C2(CCN(c3cnccn3)C2)C1. The highest BCUT2D eigenvalue weighted by molar-refractivity contribution is 5.74. The summed E-state index contributed by atoms with van der Waals surface area (Å²) in [7, 11) is 0. The molecule has 2 amide bonds. The Morgan fingerprint density at radius 1 is 1.25 bits per heavy atom. The number of carbonyl (C=O) groups excluding carboxylic acids is 1. The quantitative estimate of drug-likeness (QED) is 0.897. The highest BCUT2D eigenvalue weighted by Crippen LogP contribution is 2.50. The number of aromatic nitrogens is 2. The Morgan fingerprint density at radius 2 is 2.04 bits per heavy atom. The van der Waals surface area contributed by atoms with E-state index < -0.39 is 11.3 Å². The number of nitrogens with zero attached hydrogens (tertiary/aromatic N) is 4. The van der Waals surface area contributed by atoms with Crippen LogP contribution in [0.3, 0.4) is 0 Å². The van der Waals surface area contributed by atoms with E-state index in [-0.39, 0.29) is 38.1 Å². The fourth-order valence-electron chi connectivity index (χ4n) is 3.56. The molecule has 1 aromatic heterocycles. The molecule has 2 aliphatic rings. The molecule has 24 heavy (non-hydrogen) atoms. The molecule has 3 rings (SSSR count). The Kier molecular flexibility index (Phi) is 4.31. The van der Waals surface area contributed by atoms with E-state index in [0.29, 0.717) is 18.8 Å². The molecule has 0 saturated carbocycles. The van der Waals surface area contributed by atoms with Crippen LogP contribution < -0.4 is 10.2 Å². The van der Waals surface area contributed by atoms with Gasteiger partial charge < -0.3 is 15.1 Å². The summed E-state index contributed by atoms with van der Waals surface area (Å²) in [6, 6.07) is -0.284. The first-order valence-corrected chi connectivity index (χ1v) is 8.27. The van der Waals surface area contributed by atoms with E-state index >= 15 is 0 Å². The summed E-state index contributed by atoms with van der Waals surface area (Å²) in [5.41, 5.74) is -1.23. The van der Waals surface area contributed by atoms with Crippen molar-refractivity contribution in [1.29, 1.82) is 0 Å². The minimum Gasteiger partial charge on any atom is -0.354 e. The number of alkyl halides is 2. The van der Waals surface area contributed by atoms with Crippen molar-refractivity contribution in [2.24, 2.45) is 5.41 Å². The Hall–Kier alpha value is -1.99. The molecule has 1 aromatic rings. The number of carbonyl (C=O) groups is 1. The van der Waals surface area contributed by atoms with E-state index in [4.69, 9.17) is 0 Å². The van der Waals surface area contributed by atoms with Crippen molar-refractivity contribution in [3.8, 4) is 0 Å². The lowest BCUT2D eigenvalue weighted by Crippen LogP contribution is -2.60. The van der Waals surface area contributed by atoms with Crippen molar-refractivity contribution in [2.45, 2.75) is 38.7 Å². The van der Waals surface area contributed by atoms with Gasteiger partial charge in [-0.3, -0.25) is 4.98 Å². The first kappa shape index (κ1) is 16.9. The van der Waals surface area contributed by atoms with Crippen molar-refractivity contribution in [3.63, 3.8) is 0 Å². The number of anilines is 1. The number of amides is 2. The molecular formula is C16H23F2N5O. The number of urea groups is 1. The number of halogens is 2. The number of hydrogen-bond donors (Lipinski definition) is 1. The molecule has 2 fully saturated rings. The Labute approximate surface area is 140 Å². The van der Waals surface area contributed by atoms with Crippen molar-refractivity contribution < 1.29 is 13.6 Å². The van der Waals surface area contributed by atoms with Crippen molar-refractivity contribution >= 4 is 11.8 Å². The third kappa shape index (κ3) is 3.01. The molecule has 0 radical (unpaired) electrons. The molecule has 2 saturated heterocycles. The molecule has 1 N–H and O–H groups in total. The normalized spacial score (nSPS) is 26.2. The first-order valence-electron chi connectivity index (χ1n) is 8.27. The third-order valence-corrected chi connectivity index (χ3v) is 4.89. The zero-order chi connectivity index (χ0) is 17.4. The Morgan fingerprint density at radius 3 is 2.71 bits per heavy atom. The van der Waals surface area contributed by atoms with Crippen LogP contribution in [0.4, 0.5) is 19.4 Å². The first-order chi connectivity index (χ1) is 11.3. The number of likely N-dealkylation sites (tertiary alicyclic amines) is 1. The van der Waals surface area contributed by atoms with E-state index in [1.54, 1.807) is 18.6 Å². The van der Waals surface area contributed by atoms with Crippen molar-refractivity contribution in [2.75, 3.05) is 31.1 Å². The molecular weight excluding hydrogens is 316 g/mol. The van der Waals surface area contributed by atoms with Gasteiger partial charge in [-0.15, -0.1) is 0 Å². The average Bonchev–Trinajstić information content (AvgIpc) is 2.96. The summed E-state index contributed by atoms with van der Waals surface area (Å²) < 4.78 is 29.5. The second-order valence-electron chi connectivity index (χ2n) is 7.00. The number of rotatable bonds is 2. The standard InChI is InChI=1S/C16H23F2N5O/c1-12(2)21-14(24)23-8-4-16(17,18)15(11-23)3-7-22(10-15)13-9-19-5-6-20-13/h5-6,9,12H,3-4,7-8,10-11H2,1-2H3,(H,21,24). The van der Waals surface area contributed by atoms with Crippen LogP contribution in [0.2, 0.25) is 0 Å². The van der Waals surface area contributed by atoms with E-state index in [0.717, 1.165) is 0 Å². The largest absolute Gasteiger partial charge is 0.354 e. The topological polar surface area (TPSA) is 61.4 Å². The Bertz CT molecular complexity index is 597. The molecule has 0 aromatic carbocycles. The minimum atomic E-state index is -2.79. The number of hydrogen-bond acceptors (Lipinski definition) is 4. The van der Waals surface area contributed by atoms with Gasteiger partial charge in [-0.1, -0.05) is 0 Å². The van der Waals surface area contributed by atoms with Gasteiger partial charge in [-0.2, -0.15) is 0 Å². The van der Waals surface area contributed by atoms with E-state index in [1.807, 2.05) is 18.7 Å². The maximum atomic E-state index is 14.7. The van der Waals surface area contributed by atoms with E-state index in [2.05, 4.69) is 15.3 Å². The maximum Gasteiger partial charge on any atom is 0.317 e. The molecule has 1 spiro atoms. The fraction of sp³-hybridized carbons (Fsp3) is 0.688. The van der Waals surface area contributed by atoms with Gasteiger partial charge in [0.25, 0.3) is 5.92 Å². The van der Waals surface area contributed by atoms with Gasteiger partial charge in [0.1, 0.15) is 5.82 Å². The number of nitrogens with one attached hydrogen (secondary N) is 1. The molecule has 3 heterocycles. The highest BCUT2D eigenvalue weighted by Gasteiger charge is 2.60. The predicted molar refractivity (Wildman–Crippen MR) is 86.1 cm³/mol. The van der Waals surface area contributed by atoms with Crippen molar-refractivity contribution in [1.82, 2.24) is 20.2 Å². The molecule has 0 aliphatic carbocycles. The van der Waals surface area contributed by atoms with Gasteiger partial charge in [-0.05, 0) is 20.3 Å². The summed E-state index contributed by atoms with van der Waals surface area (Å²) in [6.07, 6.45) is 4.74. The molecule has 6 nitrogen and oxygen atoms in total. The lowest BCUT2D eigenvalue weighted by Gasteiger charge is -2.45. The zero-order valence-corrected chi connectivity index (χ0v) is 14.0. The second kappa shape index (κ2) is 6.14. The molecule has 132 valence electrons. The lowest BCUT2D eigenvalue weighted by molar-refractivity contribution is -0.149. The third-order valence-electron chi connectivity index (χ3n) is 4.89. The lowest BCUT2D eigenvalue weighted by atomic mass is 9.75. The molecule has 0 bridgehead atoms. The maximum absolute atomic E-state index is 14.7. The van der Waals surface area contributed by atoms with Crippen LogP contribution in [-0.2, 0) is 0 Å². The molecule has 1 unspecified atom stereocenters. The van der Waals surface area contributed by atoms with Crippen LogP contribution in [0.15, 0.2) is 18.6 Å². The summed E-state index contributed by atoms with van der Waals surface area (Å²) in [5, 5.41) is 2.80. The summed E-state index contributed by atoms with van der Waals surface area (Å²) in [4.78, 5) is 23.8. The highest BCUT2D eigenvalue weighted by atomic mass is 19.3. The monoisotopic (exact) mass is 339 g/mol. The summed E-state index contributed by atoms with van der Waals surface area (Å²) >= 11 is 0. The van der Waals surface area contributed by atoms with Gasteiger partial charge in [0.2, 0.25) is 0 Å². The van der Waals surface area contributed by atoms with Crippen LogP contribution in [0.1, 0.15) is 26.7 Å².